The van der Waals surface area contributed by atoms with E-state index in [0.29, 0.717) is 0 Å². The molecule has 0 bridgehead atoms. The molecule has 0 atom stereocenters. The number of hydrogen-bond donors (Lipinski definition) is 2. The van der Waals surface area contributed by atoms with Crippen molar-refractivity contribution in [3.63, 3.8) is 0 Å². The summed E-state index contributed by atoms with van der Waals surface area (Å²) in [5.41, 5.74) is 0. The van der Waals surface area contributed by atoms with E-state index in [1.54, 1.807) is 0 Å². The van der Waals surface area contributed by atoms with Gasteiger partial charge in [-0.2, -0.15) is 18.6 Å². The maximum Gasteiger partial charge on any atom is 0.349 e. The second-order valence-electron chi connectivity index (χ2n) is 0.589. The first-order valence-electron chi connectivity index (χ1n) is 0.971. The second kappa shape index (κ2) is 3.34. The maximum absolute atomic E-state index is 9.43. The van der Waals surface area contributed by atoms with Crippen LogP contribution in [0.25, 0.3) is 0 Å². The van der Waals surface area contributed by atoms with E-state index >= 15 is 0 Å². The summed E-state index contributed by atoms with van der Waals surface area (Å²) in [6, 6.07) is 0. The first-order chi connectivity index (χ1) is 2.56. The van der Waals surface area contributed by atoms with E-state index in [4.69, 9.17) is 0 Å². The summed E-state index contributed by atoms with van der Waals surface area (Å²) in [6.07, 6.45) is 0. The molecule has 0 aliphatic heterocycles. The molecule has 0 unspecified atom stereocenters. The Kier molecular flexibility index (Phi) is 4.93. The molecule has 0 heterocycles. The number of hydrogen-bond acceptors (Lipinski definition) is 4. The van der Waals surface area contributed by atoms with E-state index in [1.807, 2.05) is 0 Å². The van der Waals surface area contributed by atoms with Crippen molar-refractivity contribution in [3.05, 3.63) is 0 Å². The first-order valence-corrected chi connectivity index (χ1v) is 2.44. The van der Waals surface area contributed by atoms with Crippen LogP contribution >= 0.6 is 0 Å². The Morgan fingerprint density at radius 1 is 1.43 bits per heavy atom. The molecule has 0 aliphatic carbocycles. The van der Waals surface area contributed by atoms with Crippen molar-refractivity contribution in [2.45, 2.75) is 0 Å². The third-order valence-electron chi connectivity index (χ3n) is 0.134. The Morgan fingerprint density at radius 2 is 1.57 bits per heavy atom. The fourth-order valence-electron chi connectivity index (χ4n) is 0. The largest absolute Gasteiger partial charge is 0.349 e. The molecule has 0 spiro atoms. The van der Waals surface area contributed by atoms with Crippen LogP contribution in [0.1, 0.15) is 0 Å². The van der Waals surface area contributed by atoms with E-state index in [-0.39, 0.29) is 16.5 Å². The zero-order valence-corrected chi connectivity index (χ0v) is 4.91. The number of nitrogens with two attached hydrogens (primary N) is 2. The first kappa shape index (κ1) is 10.3. The third kappa shape index (κ3) is 10.7. The molecular formula is H4N2NiO3S. The molecule has 5 nitrogen and oxygen atoms in total. The summed E-state index contributed by atoms with van der Waals surface area (Å²) in [5, 5.41) is 4.16. The fourth-order valence-corrected chi connectivity index (χ4v) is 0. The molecule has 0 radical (unpaired) electrons. The van der Waals surface area contributed by atoms with Crippen LogP contribution in [0.3, 0.4) is 0 Å². The molecule has 4 N–H and O–H groups in total. The van der Waals surface area contributed by atoms with Crippen molar-refractivity contribution >= 4 is 10.3 Å². The van der Waals surface area contributed by atoms with Crippen LogP contribution in [0.2, 0.25) is 0 Å². The minimum Gasteiger partial charge on any atom is -0.204 e. The molecule has 0 fully saturated rings. The van der Waals surface area contributed by atoms with Gasteiger partial charge in [-0.3, -0.25) is 0 Å². The summed E-state index contributed by atoms with van der Waals surface area (Å²) >= 11 is 0. The molecule has 0 rings (SSSR count). The van der Waals surface area contributed by atoms with Crippen LogP contribution < -0.4 is 11.0 Å². The maximum atomic E-state index is 9.43. The quantitative estimate of drug-likeness (QED) is 0.354. The van der Waals surface area contributed by atoms with Crippen molar-refractivity contribution < 1.29 is 29.2 Å². The Morgan fingerprint density at radius 3 is 1.57 bits per heavy atom. The Balaban J connectivity index is 0. The predicted octanol–water partition coefficient (Wildman–Crippen LogP) is -1.92. The standard InChI is InChI=1S/H4N2O3S.Ni/c1-5-6(2,3)4;/h1H2,(H2,2,3,4);. The molecule has 0 aromatic rings. The van der Waals surface area contributed by atoms with Gasteiger partial charge in [0.15, 0.2) is 0 Å². The number of rotatable bonds is 1. The minimum atomic E-state index is -3.88. The SMILES string of the molecule is NOS(N)(=O)=O.[Ni]. The topological polar surface area (TPSA) is 95.4 Å². The zero-order valence-electron chi connectivity index (χ0n) is 3.10. The summed E-state index contributed by atoms with van der Waals surface area (Å²) in [7, 11) is -3.88. The van der Waals surface area contributed by atoms with E-state index in [2.05, 4.69) is 15.3 Å². The molecule has 0 saturated carbocycles. The summed E-state index contributed by atoms with van der Waals surface area (Å²) in [6.45, 7) is 0. The molecule has 48 valence electrons. The Hall–Kier alpha value is 0.324. The molecule has 7 heavy (non-hydrogen) atoms. The Labute approximate surface area is 51.1 Å². The van der Waals surface area contributed by atoms with Crippen LogP contribution in [-0.2, 0) is 31.1 Å². The minimum absolute atomic E-state index is 0. The van der Waals surface area contributed by atoms with Crippen molar-refractivity contribution in [1.29, 1.82) is 0 Å². The molecule has 0 aromatic carbocycles. The van der Waals surface area contributed by atoms with E-state index in [9.17, 15) is 8.42 Å². The van der Waals surface area contributed by atoms with Crippen molar-refractivity contribution in [3.8, 4) is 0 Å². The van der Waals surface area contributed by atoms with Crippen LogP contribution in [0.15, 0.2) is 0 Å². The average molecular weight is 171 g/mol. The third-order valence-corrected chi connectivity index (χ3v) is 0.402. The molecule has 0 aliphatic rings. The summed E-state index contributed by atoms with van der Waals surface area (Å²) < 4.78 is 22.0. The van der Waals surface area contributed by atoms with Gasteiger partial charge in [0.25, 0.3) is 0 Å². The van der Waals surface area contributed by atoms with Crippen LogP contribution in [-0.4, -0.2) is 8.42 Å². The van der Waals surface area contributed by atoms with Gasteiger partial charge in [-0.1, -0.05) is 0 Å². The van der Waals surface area contributed by atoms with Crippen molar-refractivity contribution in [2.24, 2.45) is 11.0 Å². The van der Waals surface area contributed by atoms with Crippen LogP contribution in [0.5, 0.6) is 0 Å². The van der Waals surface area contributed by atoms with Gasteiger partial charge in [-0.15, -0.1) is 0 Å². The van der Waals surface area contributed by atoms with Crippen LogP contribution in [0, 0.1) is 0 Å². The zero-order chi connectivity index (χ0) is 5.21. The van der Waals surface area contributed by atoms with E-state index < -0.39 is 10.3 Å². The smallest absolute Gasteiger partial charge is 0.204 e. The van der Waals surface area contributed by atoms with E-state index in [1.165, 1.54) is 0 Å². The molecule has 7 heteroatoms. The molecular weight excluding hydrogens is 167 g/mol. The Bertz CT molecular complexity index is 115. The second-order valence-corrected chi connectivity index (χ2v) is 1.77. The fraction of sp³-hybridized carbons (Fsp3) is 0. The van der Waals surface area contributed by atoms with Gasteiger partial charge in [0, 0.05) is 16.5 Å². The molecule has 0 amide bonds. The summed E-state index contributed by atoms with van der Waals surface area (Å²) in [4.78, 5) is 0. The van der Waals surface area contributed by atoms with Gasteiger partial charge in [-0.25, -0.2) is 5.14 Å². The van der Waals surface area contributed by atoms with Gasteiger partial charge in [0.05, 0.1) is 0 Å². The normalized spacial score (nSPS) is 10.0. The van der Waals surface area contributed by atoms with Crippen molar-refractivity contribution in [2.75, 3.05) is 0 Å². The van der Waals surface area contributed by atoms with Crippen LogP contribution in [0.4, 0.5) is 0 Å². The summed E-state index contributed by atoms with van der Waals surface area (Å²) in [5.74, 6) is 4.09. The van der Waals surface area contributed by atoms with Gasteiger partial charge in [0.2, 0.25) is 0 Å². The van der Waals surface area contributed by atoms with Crippen molar-refractivity contribution in [1.82, 2.24) is 0 Å². The molecule has 0 saturated heterocycles. The van der Waals surface area contributed by atoms with Gasteiger partial charge < -0.3 is 0 Å². The van der Waals surface area contributed by atoms with Gasteiger partial charge in [-0.05, 0) is 0 Å². The van der Waals surface area contributed by atoms with Gasteiger partial charge in [0.1, 0.15) is 0 Å². The average Bonchev–Trinajstić information content (AvgIpc) is 1.35. The molecule has 0 aromatic heterocycles. The van der Waals surface area contributed by atoms with Gasteiger partial charge >= 0.3 is 10.3 Å². The van der Waals surface area contributed by atoms with E-state index in [0.717, 1.165) is 0 Å². The predicted molar refractivity (Wildman–Crippen MR) is 18.4 cm³/mol. The monoisotopic (exact) mass is 170 g/mol.